The van der Waals surface area contributed by atoms with Crippen LogP contribution >= 0.6 is 0 Å². The van der Waals surface area contributed by atoms with Gasteiger partial charge >= 0.3 is 5.97 Å². The quantitative estimate of drug-likeness (QED) is 0.639. The first-order valence-corrected chi connectivity index (χ1v) is 5.96. The molecule has 1 aromatic carbocycles. The number of carboxylic acids is 1. The fraction of sp³-hybridized carbons (Fsp3) is 0.308. The van der Waals surface area contributed by atoms with Crippen LogP contribution in [0.1, 0.15) is 31.2 Å². The molecule has 1 unspecified atom stereocenters. The maximum Gasteiger partial charge on any atom is 0.303 e. The van der Waals surface area contributed by atoms with Gasteiger partial charge in [0.25, 0.3) is 5.69 Å². The summed E-state index contributed by atoms with van der Waals surface area (Å²) in [5.74, 6) is -0.801. The lowest BCUT2D eigenvalue weighted by atomic mass is 9.95. The molecule has 0 aliphatic rings. The number of carbonyl (C=O) groups is 1. The highest BCUT2D eigenvalue weighted by molar-refractivity contribution is 5.85. The van der Waals surface area contributed by atoms with Crippen LogP contribution in [0.2, 0.25) is 0 Å². The Labute approximate surface area is 109 Å². The van der Waals surface area contributed by atoms with Gasteiger partial charge in [-0.2, -0.15) is 0 Å². The molecule has 2 N–H and O–H groups in total. The maximum absolute atomic E-state index is 10.8. The second-order valence-electron chi connectivity index (χ2n) is 4.56. The van der Waals surface area contributed by atoms with Crippen LogP contribution in [0.5, 0.6) is 0 Å². The lowest BCUT2D eigenvalue weighted by Crippen LogP contribution is -1.99. The molecule has 19 heavy (non-hydrogen) atoms. The summed E-state index contributed by atoms with van der Waals surface area (Å²) >= 11 is 0. The lowest BCUT2D eigenvalue weighted by molar-refractivity contribution is -0.384. The van der Waals surface area contributed by atoms with Gasteiger partial charge in [0.1, 0.15) is 0 Å². The fourth-order valence-electron chi connectivity index (χ4n) is 2.15. The number of aromatic amines is 1. The van der Waals surface area contributed by atoms with E-state index < -0.39 is 10.9 Å². The number of nitro groups is 1. The number of carboxylic acid groups (broad SMARTS) is 1. The molecule has 100 valence electrons. The number of rotatable bonds is 5. The van der Waals surface area contributed by atoms with Crippen LogP contribution in [-0.2, 0) is 4.79 Å². The van der Waals surface area contributed by atoms with Crippen molar-refractivity contribution in [3.8, 4) is 0 Å². The van der Waals surface area contributed by atoms with Gasteiger partial charge in [0.2, 0.25) is 0 Å². The normalized spacial score (nSPS) is 12.5. The van der Waals surface area contributed by atoms with Gasteiger partial charge in [-0.15, -0.1) is 0 Å². The van der Waals surface area contributed by atoms with Gasteiger partial charge in [-0.25, -0.2) is 0 Å². The molecule has 0 aliphatic heterocycles. The number of hydrogen-bond acceptors (Lipinski definition) is 3. The Hall–Kier alpha value is -2.37. The van der Waals surface area contributed by atoms with Crippen molar-refractivity contribution < 1.29 is 14.8 Å². The van der Waals surface area contributed by atoms with Gasteiger partial charge < -0.3 is 10.1 Å². The topological polar surface area (TPSA) is 96.2 Å². The van der Waals surface area contributed by atoms with E-state index in [0.717, 1.165) is 16.5 Å². The Morgan fingerprint density at radius 3 is 2.89 bits per heavy atom. The summed E-state index contributed by atoms with van der Waals surface area (Å²) in [6.07, 6.45) is 2.38. The van der Waals surface area contributed by atoms with E-state index in [1.165, 1.54) is 12.1 Å². The number of non-ortho nitro benzene ring substituents is 1. The average molecular weight is 262 g/mol. The van der Waals surface area contributed by atoms with E-state index in [0.29, 0.717) is 6.42 Å². The van der Waals surface area contributed by atoms with E-state index >= 15 is 0 Å². The highest BCUT2D eigenvalue weighted by Gasteiger charge is 2.15. The number of aliphatic carboxylic acids is 1. The average Bonchev–Trinajstić information content (AvgIpc) is 2.78. The summed E-state index contributed by atoms with van der Waals surface area (Å²) in [7, 11) is 0. The minimum absolute atomic E-state index is 0.0341. The number of fused-ring (bicyclic) bond motifs is 1. The molecule has 0 amide bonds. The number of nitrogens with one attached hydrogen (secondary N) is 1. The summed E-state index contributed by atoms with van der Waals surface area (Å²) in [6.45, 7) is 1.92. The summed E-state index contributed by atoms with van der Waals surface area (Å²) < 4.78 is 0. The second kappa shape index (κ2) is 5.09. The Kier molecular flexibility index (Phi) is 3.50. The fourth-order valence-corrected chi connectivity index (χ4v) is 2.15. The molecule has 2 aromatic rings. The Bertz CT molecular complexity index is 633. The number of nitrogens with zero attached hydrogens (tertiary/aromatic N) is 1. The van der Waals surface area contributed by atoms with Crippen LogP contribution in [0.15, 0.2) is 24.4 Å². The zero-order valence-corrected chi connectivity index (χ0v) is 10.4. The molecule has 0 bridgehead atoms. The van der Waals surface area contributed by atoms with E-state index in [1.807, 2.05) is 6.92 Å². The second-order valence-corrected chi connectivity index (χ2v) is 4.56. The Balaban J connectivity index is 2.34. The molecule has 1 aromatic heterocycles. The minimum Gasteiger partial charge on any atom is -0.481 e. The van der Waals surface area contributed by atoms with Crippen LogP contribution in [-0.4, -0.2) is 21.0 Å². The van der Waals surface area contributed by atoms with E-state index in [4.69, 9.17) is 5.11 Å². The third-order valence-corrected chi connectivity index (χ3v) is 3.23. The first kappa shape index (κ1) is 13.1. The van der Waals surface area contributed by atoms with Crippen LogP contribution in [0.25, 0.3) is 10.9 Å². The predicted molar refractivity (Wildman–Crippen MR) is 70.2 cm³/mol. The van der Waals surface area contributed by atoms with E-state index in [2.05, 4.69) is 4.98 Å². The van der Waals surface area contributed by atoms with Gasteiger partial charge in [0.15, 0.2) is 0 Å². The maximum atomic E-state index is 10.8. The minimum atomic E-state index is -0.835. The molecule has 1 heterocycles. The van der Waals surface area contributed by atoms with Crippen molar-refractivity contribution >= 4 is 22.6 Å². The third-order valence-electron chi connectivity index (χ3n) is 3.23. The first-order chi connectivity index (χ1) is 8.99. The summed E-state index contributed by atoms with van der Waals surface area (Å²) in [4.78, 5) is 24.0. The van der Waals surface area contributed by atoms with Crippen molar-refractivity contribution in [2.75, 3.05) is 0 Å². The van der Waals surface area contributed by atoms with Crippen molar-refractivity contribution in [2.45, 2.75) is 25.7 Å². The lowest BCUT2D eigenvalue weighted by Gasteiger charge is -2.08. The van der Waals surface area contributed by atoms with Gasteiger partial charge in [0.05, 0.1) is 4.92 Å². The molecular formula is C13H14N2O4. The zero-order chi connectivity index (χ0) is 14.0. The summed E-state index contributed by atoms with van der Waals surface area (Å²) in [6, 6.07) is 4.64. The molecule has 0 aliphatic carbocycles. The first-order valence-electron chi connectivity index (χ1n) is 5.96. The predicted octanol–water partition coefficient (Wildman–Crippen LogP) is 3.04. The highest BCUT2D eigenvalue weighted by Crippen LogP contribution is 2.30. The van der Waals surface area contributed by atoms with E-state index in [1.54, 1.807) is 12.3 Å². The van der Waals surface area contributed by atoms with Crippen LogP contribution in [0.3, 0.4) is 0 Å². The molecule has 0 radical (unpaired) electrons. The largest absolute Gasteiger partial charge is 0.481 e. The molecule has 2 rings (SSSR count). The van der Waals surface area contributed by atoms with Gasteiger partial charge in [-0.3, -0.25) is 14.9 Å². The smallest absolute Gasteiger partial charge is 0.303 e. The van der Waals surface area contributed by atoms with Crippen LogP contribution < -0.4 is 0 Å². The monoisotopic (exact) mass is 262 g/mol. The number of nitro benzene ring substituents is 1. The molecule has 1 atom stereocenters. The van der Waals surface area contributed by atoms with E-state index in [-0.39, 0.29) is 18.0 Å². The Morgan fingerprint density at radius 1 is 1.53 bits per heavy atom. The highest BCUT2D eigenvalue weighted by atomic mass is 16.6. The van der Waals surface area contributed by atoms with Crippen LogP contribution in [0, 0.1) is 10.1 Å². The van der Waals surface area contributed by atoms with Crippen LogP contribution in [0.4, 0.5) is 5.69 Å². The SMILES string of the molecule is CC(CCC(=O)O)c1c[nH]c2ccc([N+](=O)[O-])cc12. The molecule has 0 saturated heterocycles. The Morgan fingerprint density at radius 2 is 2.26 bits per heavy atom. The summed E-state index contributed by atoms with van der Waals surface area (Å²) in [5, 5.41) is 20.3. The number of hydrogen-bond donors (Lipinski definition) is 2. The third kappa shape index (κ3) is 2.73. The molecular weight excluding hydrogens is 248 g/mol. The molecule has 0 fully saturated rings. The van der Waals surface area contributed by atoms with Crippen molar-refractivity contribution in [3.05, 3.63) is 40.1 Å². The summed E-state index contributed by atoms with van der Waals surface area (Å²) in [5.41, 5.74) is 1.78. The molecule has 0 spiro atoms. The van der Waals surface area contributed by atoms with Crippen molar-refractivity contribution in [1.82, 2.24) is 4.98 Å². The van der Waals surface area contributed by atoms with Crippen molar-refractivity contribution in [2.24, 2.45) is 0 Å². The van der Waals surface area contributed by atoms with Gasteiger partial charge in [0, 0.05) is 35.7 Å². The zero-order valence-electron chi connectivity index (χ0n) is 10.4. The van der Waals surface area contributed by atoms with Crippen molar-refractivity contribution in [1.29, 1.82) is 0 Å². The number of H-pyrrole nitrogens is 1. The van der Waals surface area contributed by atoms with Gasteiger partial charge in [-0.1, -0.05) is 6.92 Å². The van der Waals surface area contributed by atoms with E-state index in [9.17, 15) is 14.9 Å². The number of aromatic nitrogens is 1. The van der Waals surface area contributed by atoms with Crippen molar-refractivity contribution in [3.63, 3.8) is 0 Å². The molecule has 6 heteroatoms. The standard InChI is InChI=1S/C13H14N2O4/c1-8(2-5-13(16)17)11-7-14-12-4-3-9(15(18)19)6-10(11)12/h3-4,6-8,14H,2,5H2,1H3,(H,16,17). The molecule has 6 nitrogen and oxygen atoms in total. The van der Waals surface area contributed by atoms with Gasteiger partial charge in [-0.05, 0) is 24.0 Å². The molecule has 0 saturated carbocycles. The number of benzene rings is 1.